The molecule has 2 unspecified atom stereocenters. The maximum atomic E-state index is 12.6. The molecule has 0 saturated carbocycles. The first-order valence-electron chi connectivity index (χ1n) is 9.03. The number of aromatic nitrogens is 5. The van der Waals surface area contributed by atoms with E-state index in [9.17, 15) is 4.79 Å². The zero-order valence-corrected chi connectivity index (χ0v) is 14.3. The molecule has 5 rings (SSSR count). The Kier molecular flexibility index (Phi) is 3.70. The molecule has 8 heteroatoms. The first-order valence-corrected chi connectivity index (χ1v) is 9.03. The summed E-state index contributed by atoms with van der Waals surface area (Å²) in [7, 11) is 0. The van der Waals surface area contributed by atoms with Crippen molar-refractivity contribution in [2.24, 2.45) is 0 Å². The standard InChI is InChI=1S/C18H20N6O2/c25-16-7-11-3-1-2-4-13(11)23-24(16)15-9-26-8-14(15)22-18-12-5-6-19-17(12)20-10-21-18/h5-7,10,14-15H,1-4,8-9H2,(H2,19,20,21,22). The SMILES string of the molecule is O=c1cc2c(nn1C1COCC1Nc1ncnc3[nH]ccc13)CCCC2. The second kappa shape index (κ2) is 6.21. The van der Waals surface area contributed by atoms with Gasteiger partial charge in [-0.05, 0) is 37.3 Å². The number of fused-ring (bicyclic) bond motifs is 2. The molecule has 1 aliphatic carbocycles. The third-order valence-electron chi connectivity index (χ3n) is 5.27. The summed E-state index contributed by atoms with van der Waals surface area (Å²) in [4.78, 5) is 24.3. The van der Waals surface area contributed by atoms with E-state index in [0.717, 1.165) is 53.8 Å². The van der Waals surface area contributed by atoms with Gasteiger partial charge < -0.3 is 15.0 Å². The van der Waals surface area contributed by atoms with Crippen molar-refractivity contribution in [2.75, 3.05) is 18.5 Å². The molecule has 2 atom stereocenters. The van der Waals surface area contributed by atoms with Crippen molar-refractivity contribution in [2.45, 2.75) is 37.8 Å². The van der Waals surface area contributed by atoms with Crippen LogP contribution >= 0.6 is 0 Å². The first kappa shape index (κ1) is 15.5. The van der Waals surface area contributed by atoms with Crippen molar-refractivity contribution in [3.63, 3.8) is 0 Å². The summed E-state index contributed by atoms with van der Waals surface area (Å²) >= 11 is 0. The third-order valence-corrected chi connectivity index (χ3v) is 5.27. The number of H-pyrrole nitrogens is 1. The monoisotopic (exact) mass is 352 g/mol. The molecule has 2 N–H and O–H groups in total. The van der Waals surface area contributed by atoms with Crippen LogP contribution in [0.3, 0.4) is 0 Å². The van der Waals surface area contributed by atoms with Crippen LogP contribution in [0, 0.1) is 0 Å². The molecule has 0 bridgehead atoms. The van der Waals surface area contributed by atoms with Gasteiger partial charge in [0, 0.05) is 12.3 Å². The van der Waals surface area contributed by atoms with Crippen LogP contribution in [-0.2, 0) is 17.6 Å². The van der Waals surface area contributed by atoms with E-state index in [2.05, 4.69) is 25.4 Å². The van der Waals surface area contributed by atoms with E-state index < -0.39 is 0 Å². The van der Waals surface area contributed by atoms with Crippen molar-refractivity contribution in [1.82, 2.24) is 24.7 Å². The molecule has 1 aliphatic heterocycles. The van der Waals surface area contributed by atoms with Crippen LogP contribution in [0.15, 0.2) is 29.5 Å². The number of rotatable bonds is 3. The summed E-state index contributed by atoms with van der Waals surface area (Å²) in [5.41, 5.74) is 2.88. The Bertz CT molecular complexity index is 1010. The summed E-state index contributed by atoms with van der Waals surface area (Å²) in [6.45, 7) is 0.969. The first-order chi connectivity index (χ1) is 12.8. The fourth-order valence-electron chi connectivity index (χ4n) is 3.90. The van der Waals surface area contributed by atoms with E-state index in [1.807, 2.05) is 12.3 Å². The van der Waals surface area contributed by atoms with E-state index in [4.69, 9.17) is 4.74 Å². The van der Waals surface area contributed by atoms with E-state index in [-0.39, 0.29) is 17.6 Å². The van der Waals surface area contributed by atoms with Crippen molar-refractivity contribution in [3.8, 4) is 0 Å². The van der Waals surface area contributed by atoms with Crippen molar-refractivity contribution >= 4 is 16.9 Å². The predicted octanol–water partition coefficient (Wildman–Crippen LogP) is 1.45. The maximum Gasteiger partial charge on any atom is 0.267 e. The van der Waals surface area contributed by atoms with Crippen LogP contribution in [0.1, 0.15) is 30.1 Å². The van der Waals surface area contributed by atoms with Gasteiger partial charge in [-0.1, -0.05) is 0 Å². The number of aromatic amines is 1. The summed E-state index contributed by atoms with van der Waals surface area (Å²) in [5, 5.41) is 9.03. The summed E-state index contributed by atoms with van der Waals surface area (Å²) in [6.07, 6.45) is 7.52. The average Bonchev–Trinajstić information content (AvgIpc) is 3.31. The molecule has 3 aromatic heterocycles. The largest absolute Gasteiger partial charge is 0.377 e. The Morgan fingerprint density at radius 1 is 1.23 bits per heavy atom. The number of hydrogen-bond donors (Lipinski definition) is 2. The lowest BCUT2D eigenvalue weighted by Crippen LogP contribution is -2.38. The van der Waals surface area contributed by atoms with Crippen LogP contribution in [0.4, 0.5) is 5.82 Å². The molecule has 2 aliphatic rings. The molecule has 1 saturated heterocycles. The predicted molar refractivity (Wildman–Crippen MR) is 96.3 cm³/mol. The smallest absolute Gasteiger partial charge is 0.267 e. The molecule has 8 nitrogen and oxygen atoms in total. The number of aryl methyl sites for hydroxylation is 2. The molecule has 134 valence electrons. The number of nitrogens with one attached hydrogen (secondary N) is 2. The van der Waals surface area contributed by atoms with E-state index in [1.165, 1.54) is 6.33 Å². The highest BCUT2D eigenvalue weighted by Crippen LogP contribution is 2.25. The maximum absolute atomic E-state index is 12.6. The summed E-state index contributed by atoms with van der Waals surface area (Å²) < 4.78 is 7.28. The van der Waals surface area contributed by atoms with Crippen LogP contribution in [0.5, 0.6) is 0 Å². The molecular weight excluding hydrogens is 332 g/mol. The highest BCUT2D eigenvalue weighted by Gasteiger charge is 2.32. The molecule has 1 fully saturated rings. The molecule has 0 spiro atoms. The minimum absolute atomic E-state index is 0.0533. The fourth-order valence-corrected chi connectivity index (χ4v) is 3.90. The third kappa shape index (κ3) is 2.57. The Balaban J connectivity index is 1.48. The van der Waals surface area contributed by atoms with Crippen LogP contribution < -0.4 is 10.9 Å². The molecule has 3 aromatic rings. The Morgan fingerprint density at radius 2 is 2.15 bits per heavy atom. The Labute approximate surface area is 149 Å². The number of anilines is 1. The molecule has 26 heavy (non-hydrogen) atoms. The normalized spacial score (nSPS) is 22.5. The van der Waals surface area contributed by atoms with Crippen LogP contribution in [-0.4, -0.2) is 44.0 Å². The van der Waals surface area contributed by atoms with Gasteiger partial charge in [-0.2, -0.15) is 5.10 Å². The highest BCUT2D eigenvalue weighted by atomic mass is 16.5. The number of ether oxygens (including phenoxy) is 1. The van der Waals surface area contributed by atoms with Gasteiger partial charge in [-0.3, -0.25) is 4.79 Å². The second-order valence-corrected chi connectivity index (χ2v) is 6.92. The molecular formula is C18H20N6O2. The molecule has 0 radical (unpaired) electrons. The van der Waals surface area contributed by atoms with Crippen LogP contribution in [0.2, 0.25) is 0 Å². The van der Waals surface area contributed by atoms with Gasteiger partial charge in [0.25, 0.3) is 5.56 Å². The zero-order chi connectivity index (χ0) is 17.5. The van der Waals surface area contributed by atoms with Crippen molar-refractivity contribution in [1.29, 1.82) is 0 Å². The minimum atomic E-state index is -0.154. The topological polar surface area (TPSA) is 97.7 Å². The average molecular weight is 352 g/mol. The van der Waals surface area contributed by atoms with E-state index >= 15 is 0 Å². The van der Waals surface area contributed by atoms with Gasteiger partial charge >= 0.3 is 0 Å². The lowest BCUT2D eigenvalue weighted by atomic mass is 9.97. The van der Waals surface area contributed by atoms with Gasteiger partial charge in [0.1, 0.15) is 23.8 Å². The van der Waals surface area contributed by atoms with E-state index in [0.29, 0.717) is 13.2 Å². The lowest BCUT2D eigenvalue weighted by Gasteiger charge is -2.23. The second-order valence-electron chi connectivity index (χ2n) is 6.92. The Morgan fingerprint density at radius 3 is 3.12 bits per heavy atom. The highest BCUT2D eigenvalue weighted by molar-refractivity contribution is 5.86. The van der Waals surface area contributed by atoms with Gasteiger partial charge in [0.2, 0.25) is 0 Å². The minimum Gasteiger partial charge on any atom is -0.377 e. The molecule has 4 heterocycles. The molecule has 0 amide bonds. The van der Waals surface area contributed by atoms with Crippen molar-refractivity contribution < 1.29 is 4.74 Å². The molecule has 0 aromatic carbocycles. The van der Waals surface area contributed by atoms with Gasteiger partial charge in [0.05, 0.1) is 30.3 Å². The zero-order valence-electron chi connectivity index (χ0n) is 14.3. The fraction of sp³-hybridized carbons (Fsp3) is 0.444. The summed E-state index contributed by atoms with van der Waals surface area (Å²) in [6, 6.07) is 3.46. The lowest BCUT2D eigenvalue weighted by molar-refractivity contribution is 0.182. The number of hydrogen-bond acceptors (Lipinski definition) is 6. The quantitative estimate of drug-likeness (QED) is 0.740. The van der Waals surface area contributed by atoms with Gasteiger partial charge in [-0.15, -0.1) is 0 Å². The summed E-state index contributed by atoms with van der Waals surface area (Å²) in [5.74, 6) is 0.739. The van der Waals surface area contributed by atoms with E-state index in [1.54, 1.807) is 10.7 Å². The van der Waals surface area contributed by atoms with Crippen LogP contribution in [0.25, 0.3) is 11.0 Å². The Hall–Kier alpha value is -2.74. The van der Waals surface area contributed by atoms with Crippen molar-refractivity contribution in [3.05, 3.63) is 46.3 Å². The van der Waals surface area contributed by atoms with Gasteiger partial charge in [-0.25, -0.2) is 14.6 Å². The van der Waals surface area contributed by atoms with Gasteiger partial charge in [0.15, 0.2) is 0 Å². The number of nitrogens with zero attached hydrogens (tertiary/aromatic N) is 4.